The fourth-order valence-corrected chi connectivity index (χ4v) is 5.19. The van der Waals surface area contributed by atoms with E-state index in [0.717, 1.165) is 36.2 Å². The lowest BCUT2D eigenvalue weighted by molar-refractivity contribution is -0.252. The lowest BCUT2D eigenvalue weighted by Gasteiger charge is -2.37. The molecule has 234 valence electrons. The van der Waals surface area contributed by atoms with Crippen LogP contribution in [0.4, 0.5) is 17.1 Å². The standard InChI is InChI=1S/C35H44N4O5/c1-3-21-39(2)23-29-22-32(26-15-13-25(24-40)14-16-26)44-35(43-29)27-17-19-28(20-18-27)37-33(41)11-5-4-6-12-34(42)38-31-10-8-7-9-30(31)36/h3,7-10,13-20,29,32,35,40H,1,4-6,11-12,21-24,36H2,2H3,(H,37,41)(H,38,42)/t29-,32+,35+/m1/s1. The summed E-state index contributed by atoms with van der Waals surface area (Å²) in [6, 6.07) is 22.5. The van der Waals surface area contributed by atoms with Gasteiger partial charge in [0.1, 0.15) is 0 Å². The van der Waals surface area contributed by atoms with Crippen LogP contribution in [0.2, 0.25) is 0 Å². The predicted octanol–water partition coefficient (Wildman–Crippen LogP) is 5.95. The lowest BCUT2D eigenvalue weighted by atomic mass is 9.99. The van der Waals surface area contributed by atoms with Crippen LogP contribution in [0.15, 0.2) is 85.5 Å². The number of anilines is 3. The van der Waals surface area contributed by atoms with Gasteiger partial charge in [-0.25, -0.2) is 0 Å². The zero-order chi connectivity index (χ0) is 31.3. The number of carbonyl (C=O) groups excluding carboxylic acids is 2. The second-order valence-electron chi connectivity index (χ2n) is 11.2. The molecule has 0 aliphatic carbocycles. The number of hydrogen-bond donors (Lipinski definition) is 4. The number of para-hydroxylation sites is 2. The van der Waals surface area contributed by atoms with Gasteiger partial charge < -0.3 is 35.8 Å². The van der Waals surface area contributed by atoms with E-state index in [4.69, 9.17) is 15.2 Å². The molecule has 0 bridgehead atoms. The van der Waals surface area contributed by atoms with Crippen LogP contribution in [0.25, 0.3) is 0 Å². The molecule has 3 aromatic rings. The molecule has 9 heteroatoms. The first-order valence-corrected chi connectivity index (χ1v) is 15.2. The third kappa shape index (κ3) is 10.0. The molecule has 44 heavy (non-hydrogen) atoms. The number of likely N-dealkylation sites (N-methyl/N-ethyl adjacent to an activating group) is 1. The molecule has 1 aliphatic rings. The number of hydrogen-bond acceptors (Lipinski definition) is 7. The summed E-state index contributed by atoms with van der Waals surface area (Å²) in [4.78, 5) is 26.9. The highest BCUT2D eigenvalue weighted by Crippen LogP contribution is 2.38. The number of nitrogen functional groups attached to an aromatic ring is 1. The van der Waals surface area contributed by atoms with Crippen LogP contribution >= 0.6 is 0 Å². The SMILES string of the molecule is C=CCN(C)C[C@H]1C[C@@H](c2ccc(CO)cc2)O[C@@H](c2ccc(NC(=O)CCCCCC(=O)Nc3ccccc3N)cc2)O1. The van der Waals surface area contributed by atoms with E-state index in [-0.39, 0.29) is 30.6 Å². The van der Waals surface area contributed by atoms with Crippen LogP contribution in [0.3, 0.4) is 0 Å². The molecule has 0 radical (unpaired) electrons. The third-order valence-electron chi connectivity index (χ3n) is 7.58. The summed E-state index contributed by atoms with van der Waals surface area (Å²) >= 11 is 0. The average Bonchev–Trinajstić information content (AvgIpc) is 3.02. The maximum absolute atomic E-state index is 12.5. The highest BCUT2D eigenvalue weighted by Gasteiger charge is 2.32. The first-order valence-electron chi connectivity index (χ1n) is 15.2. The minimum absolute atomic E-state index is 0.000423. The highest BCUT2D eigenvalue weighted by molar-refractivity contribution is 5.93. The molecule has 2 amide bonds. The summed E-state index contributed by atoms with van der Waals surface area (Å²) in [5.74, 6) is -0.152. The summed E-state index contributed by atoms with van der Waals surface area (Å²) in [6.07, 6.45) is 4.71. The van der Waals surface area contributed by atoms with E-state index in [0.29, 0.717) is 49.2 Å². The molecule has 4 rings (SSSR count). The number of benzene rings is 3. The van der Waals surface area contributed by atoms with Crippen molar-refractivity contribution < 1.29 is 24.2 Å². The van der Waals surface area contributed by atoms with Gasteiger partial charge in [0.05, 0.1) is 30.2 Å². The van der Waals surface area contributed by atoms with Gasteiger partial charge in [0.2, 0.25) is 11.8 Å². The van der Waals surface area contributed by atoms with Crippen molar-refractivity contribution in [3.63, 3.8) is 0 Å². The minimum Gasteiger partial charge on any atom is -0.397 e. The number of aliphatic hydroxyl groups is 1. The van der Waals surface area contributed by atoms with E-state index < -0.39 is 6.29 Å². The van der Waals surface area contributed by atoms with Gasteiger partial charge >= 0.3 is 0 Å². The number of nitrogens with two attached hydrogens (primary N) is 1. The Bertz CT molecular complexity index is 1360. The predicted molar refractivity (Wildman–Crippen MR) is 174 cm³/mol. The molecule has 0 saturated carbocycles. The molecular formula is C35H44N4O5. The molecule has 1 saturated heterocycles. The molecule has 1 heterocycles. The normalized spacial score (nSPS) is 18.1. The Kier molecular flexibility index (Phi) is 12.5. The van der Waals surface area contributed by atoms with Crippen LogP contribution in [-0.2, 0) is 25.7 Å². The molecular weight excluding hydrogens is 556 g/mol. The fraction of sp³-hybridized carbons (Fsp3) is 0.371. The number of nitrogens with zero attached hydrogens (tertiary/aromatic N) is 1. The maximum Gasteiger partial charge on any atom is 0.224 e. The van der Waals surface area contributed by atoms with Gasteiger partial charge in [0.25, 0.3) is 0 Å². The molecule has 1 aliphatic heterocycles. The Morgan fingerprint density at radius 3 is 2.25 bits per heavy atom. The maximum atomic E-state index is 12.5. The number of aliphatic hydroxyl groups excluding tert-OH is 1. The molecule has 3 aromatic carbocycles. The van der Waals surface area contributed by atoms with Gasteiger partial charge in [-0.3, -0.25) is 9.59 Å². The number of nitrogens with one attached hydrogen (secondary N) is 2. The summed E-state index contributed by atoms with van der Waals surface area (Å²) in [5, 5.41) is 15.2. The number of amides is 2. The second kappa shape index (κ2) is 16.7. The minimum atomic E-state index is -0.561. The third-order valence-corrected chi connectivity index (χ3v) is 7.58. The fourth-order valence-electron chi connectivity index (χ4n) is 5.19. The second-order valence-corrected chi connectivity index (χ2v) is 11.2. The summed E-state index contributed by atoms with van der Waals surface area (Å²) in [6.45, 7) is 5.33. The Morgan fingerprint density at radius 2 is 1.59 bits per heavy atom. The van der Waals surface area contributed by atoms with Crippen molar-refractivity contribution in [2.45, 2.75) is 63.6 Å². The number of ether oxygens (including phenoxy) is 2. The largest absolute Gasteiger partial charge is 0.397 e. The van der Waals surface area contributed by atoms with Gasteiger partial charge in [-0.2, -0.15) is 0 Å². The highest BCUT2D eigenvalue weighted by atomic mass is 16.7. The zero-order valence-electron chi connectivity index (χ0n) is 25.4. The van der Waals surface area contributed by atoms with E-state index in [1.54, 1.807) is 12.1 Å². The Balaban J connectivity index is 1.26. The van der Waals surface area contributed by atoms with Gasteiger partial charge in [-0.15, -0.1) is 6.58 Å². The van der Waals surface area contributed by atoms with Crippen LogP contribution in [0, 0.1) is 0 Å². The molecule has 3 atom stereocenters. The van der Waals surface area contributed by atoms with Crippen LogP contribution in [0.1, 0.15) is 67.6 Å². The number of carbonyl (C=O) groups is 2. The number of unbranched alkanes of at least 4 members (excludes halogenated alkanes) is 2. The van der Waals surface area contributed by atoms with Gasteiger partial charge in [0.15, 0.2) is 6.29 Å². The van der Waals surface area contributed by atoms with Crippen LogP contribution in [-0.4, -0.2) is 48.1 Å². The van der Waals surface area contributed by atoms with Crippen molar-refractivity contribution >= 4 is 28.9 Å². The quantitative estimate of drug-likeness (QED) is 0.0965. The van der Waals surface area contributed by atoms with E-state index in [9.17, 15) is 14.7 Å². The van der Waals surface area contributed by atoms with Crippen LogP contribution < -0.4 is 16.4 Å². The summed E-state index contributed by atoms with van der Waals surface area (Å²) in [5.41, 5.74) is 10.5. The molecule has 9 nitrogen and oxygen atoms in total. The van der Waals surface area contributed by atoms with E-state index >= 15 is 0 Å². The molecule has 5 N–H and O–H groups in total. The lowest BCUT2D eigenvalue weighted by Crippen LogP contribution is -2.37. The zero-order valence-corrected chi connectivity index (χ0v) is 25.4. The Hall–Kier alpha value is -4.02. The van der Waals surface area contributed by atoms with E-state index in [1.165, 1.54) is 0 Å². The van der Waals surface area contributed by atoms with Gasteiger partial charge in [-0.05, 0) is 55.3 Å². The topological polar surface area (TPSA) is 126 Å². The van der Waals surface area contributed by atoms with Gasteiger partial charge in [0, 0.05) is 43.6 Å². The van der Waals surface area contributed by atoms with Gasteiger partial charge in [-0.1, -0.05) is 61.0 Å². The van der Waals surface area contributed by atoms with Crippen molar-refractivity contribution in [3.05, 3.63) is 102 Å². The molecule has 0 aromatic heterocycles. The van der Waals surface area contributed by atoms with Crippen molar-refractivity contribution in [1.82, 2.24) is 4.90 Å². The average molecular weight is 601 g/mol. The Morgan fingerprint density at radius 1 is 0.932 bits per heavy atom. The molecule has 1 fully saturated rings. The van der Waals surface area contributed by atoms with Crippen molar-refractivity contribution in [3.8, 4) is 0 Å². The van der Waals surface area contributed by atoms with E-state index in [1.807, 2.05) is 73.8 Å². The first-order chi connectivity index (χ1) is 21.3. The van der Waals surface area contributed by atoms with Crippen LogP contribution in [0.5, 0.6) is 0 Å². The summed E-state index contributed by atoms with van der Waals surface area (Å²) in [7, 11) is 2.04. The number of rotatable bonds is 15. The first kappa shape index (κ1) is 32.9. The van der Waals surface area contributed by atoms with Crippen molar-refractivity contribution in [2.24, 2.45) is 0 Å². The monoisotopic (exact) mass is 600 g/mol. The molecule has 0 spiro atoms. The summed E-state index contributed by atoms with van der Waals surface area (Å²) < 4.78 is 12.8. The van der Waals surface area contributed by atoms with Crippen molar-refractivity contribution in [1.29, 1.82) is 0 Å². The molecule has 0 unspecified atom stereocenters. The van der Waals surface area contributed by atoms with Crippen molar-refractivity contribution in [2.75, 3.05) is 36.5 Å². The Labute approximate surface area is 260 Å². The smallest absolute Gasteiger partial charge is 0.224 e. The van der Waals surface area contributed by atoms with E-state index in [2.05, 4.69) is 22.1 Å².